The number of rotatable bonds is 11. The van der Waals surface area contributed by atoms with Crippen LogP contribution in [0.3, 0.4) is 0 Å². The molecule has 0 amide bonds. The Morgan fingerprint density at radius 1 is 1.14 bits per heavy atom. The number of unbranched alkanes of at least 4 members (excludes halogenated alkanes) is 6. The fraction of sp³-hybridized carbons (Fsp3) is 0.647. The molecule has 0 bridgehead atoms. The van der Waals surface area contributed by atoms with Gasteiger partial charge in [-0.2, -0.15) is 0 Å². The molecule has 2 nitrogen and oxygen atoms in total. The molecule has 0 aliphatic rings. The summed E-state index contributed by atoms with van der Waals surface area (Å²) in [6, 6.07) is 4.51. The second-order valence-electron chi connectivity index (χ2n) is 5.61. The number of hydrogen-bond acceptors (Lipinski definition) is 2. The first-order valence-corrected chi connectivity index (χ1v) is 8.46. The molecule has 1 rings (SSSR count). The number of hydrogen-bond donors (Lipinski definition) is 2. The summed E-state index contributed by atoms with van der Waals surface area (Å²) in [6.45, 7) is 2.76. The molecule has 3 N–H and O–H groups in total. The predicted molar refractivity (Wildman–Crippen MR) is 90.5 cm³/mol. The monoisotopic (exact) mass is 314 g/mol. The van der Waals surface area contributed by atoms with Gasteiger partial charge in [-0.05, 0) is 24.6 Å². The molecule has 0 heterocycles. The van der Waals surface area contributed by atoms with Crippen molar-refractivity contribution in [2.24, 2.45) is 5.73 Å². The number of nitrogens with one attached hydrogen (secondary N) is 1. The molecule has 0 radical (unpaired) electrons. The van der Waals surface area contributed by atoms with E-state index in [1.807, 2.05) is 0 Å². The van der Waals surface area contributed by atoms with Crippen LogP contribution >= 0.6 is 11.6 Å². The van der Waals surface area contributed by atoms with Gasteiger partial charge in [0, 0.05) is 12.6 Å². The summed E-state index contributed by atoms with van der Waals surface area (Å²) in [5.74, 6) is -0.284. The second kappa shape index (κ2) is 10.9. The van der Waals surface area contributed by atoms with E-state index in [0.717, 1.165) is 12.8 Å². The van der Waals surface area contributed by atoms with Gasteiger partial charge in [0.2, 0.25) is 0 Å². The highest BCUT2D eigenvalue weighted by molar-refractivity contribution is 6.33. The van der Waals surface area contributed by atoms with Crippen LogP contribution in [0, 0.1) is 5.82 Å². The summed E-state index contributed by atoms with van der Waals surface area (Å²) in [4.78, 5) is 0. The van der Waals surface area contributed by atoms with Crippen LogP contribution in [0.2, 0.25) is 5.02 Å². The summed E-state index contributed by atoms with van der Waals surface area (Å²) in [7, 11) is 0. The molecule has 1 unspecified atom stereocenters. The van der Waals surface area contributed by atoms with Crippen molar-refractivity contribution in [3.63, 3.8) is 0 Å². The zero-order valence-electron chi connectivity index (χ0n) is 13.0. The van der Waals surface area contributed by atoms with Crippen LogP contribution in [0.4, 0.5) is 10.1 Å². The maximum absolute atomic E-state index is 13.2. The lowest BCUT2D eigenvalue weighted by Crippen LogP contribution is -2.28. The molecule has 1 atom stereocenters. The minimum Gasteiger partial charge on any atom is -0.380 e. The maximum atomic E-state index is 13.2. The summed E-state index contributed by atoms with van der Waals surface area (Å²) in [5.41, 5.74) is 6.42. The van der Waals surface area contributed by atoms with Gasteiger partial charge >= 0.3 is 0 Å². The van der Waals surface area contributed by atoms with Crippen LogP contribution in [0.25, 0.3) is 0 Å². The standard InChI is InChI=1S/C17H28ClFN2/c1-2-3-4-5-6-7-8-9-15(13-20)21-17-12-14(19)10-11-16(17)18/h10-12,15,21H,2-9,13,20H2,1H3. The molecule has 4 heteroatoms. The average Bonchev–Trinajstić information content (AvgIpc) is 2.48. The molecule has 1 aromatic carbocycles. The smallest absolute Gasteiger partial charge is 0.125 e. The fourth-order valence-electron chi connectivity index (χ4n) is 2.42. The van der Waals surface area contributed by atoms with Crippen LogP contribution in [0.1, 0.15) is 58.3 Å². The minimum absolute atomic E-state index is 0.153. The Kier molecular flexibility index (Phi) is 9.44. The maximum Gasteiger partial charge on any atom is 0.125 e. The quantitative estimate of drug-likeness (QED) is 0.540. The fourth-order valence-corrected chi connectivity index (χ4v) is 2.60. The molecule has 0 fully saturated rings. The Bertz CT molecular complexity index is 398. The van der Waals surface area contributed by atoms with Crippen molar-refractivity contribution in [2.45, 2.75) is 64.3 Å². The molecule has 0 aliphatic heterocycles. The van der Waals surface area contributed by atoms with Gasteiger partial charge in [0.25, 0.3) is 0 Å². The van der Waals surface area contributed by atoms with Crippen LogP contribution < -0.4 is 11.1 Å². The van der Waals surface area contributed by atoms with Crippen molar-refractivity contribution >= 4 is 17.3 Å². The summed E-state index contributed by atoms with van der Waals surface area (Å²) in [5, 5.41) is 3.79. The van der Waals surface area contributed by atoms with Crippen molar-refractivity contribution in [1.29, 1.82) is 0 Å². The van der Waals surface area contributed by atoms with Gasteiger partial charge in [-0.25, -0.2) is 4.39 Å². The topological polar surface area (TPSA) is 38.0 Å². The van der Waals surface area contributed by atoms with Crippen molar-refractivity contribution in [3.8, 4) is 0 Å². The van der Waals surface area contributed by atoms with E-state index in [9.17, 15) is 4.39 Å². The van der Waals surface area contributed by atoms with Gasteiger partial charge in [0.05, 0.1) is 10.7 Å². The van der Waals surface area contributed by atoms with Crippen LogP contribution in [0.15, 0.2) is 18.2 Å². The lowest BCUT2D eigenvalue weighted by Gasteiger charge is -2.19. The molecule has 0 saturated carbocycles. The molecule has 120 valence electrons. The van der Waals surface area contributed by atoms with Gasteiger partial charge in [0.1, 0.15) is 5.82 Å². The largest absolute Gasteiger partial charge is 0.380 e. The van der Waals surface area contributed by atoms with Crippen molar-refractivity contribution in [3.05, 3.63) is 29.0 Å². The molecule has 0 spiro atoms. The van der Waals surface area contributed by atoms with Gasteiger partial charge in [-0.1, -0.05) is 63.5 Å². The normalized spacial score (nSPS) is 12.4. The Labute approximate surface area is 133 Å². The minimum atomic E-state index is -0.284. The molecule has 0 aliphatic carbocycles. The highest BCUT2D eigenvalue weighted by Gasteiger charge is 2.09. The Morgan fingerprint density at radius 3 is 2.48 bits per heavy atom. The first-order valence-electron chi connectivity index (χ1n) is 8.09. The lowest BCUT2D eigenvalue weighted by molar-refractivity contribution is 0.547. The van der Waals surface area contributed by atoms with E-state index >= 15 is 0 Å². The first-order chi connectivity index (χ1) is 10.2. The summed E-state index contributed by atoms with van der Waals surface area (Å²) >= 11 is 6.06. The molecular formula is C17H28ClFN2. The Morgan fingerprint density at radius 2 is 1.81 bits per heavy atom. The second-order valence-corrected chi connectivity index (χ2v) is 6.02. The Hall–Kier alpha value is -0.800. The zero-order valence-corrected chi connectivity index (χ0v) is 13.8. The van der Waals surface area contributed by atoms with Gasteiger partial charge in [0.15, 0.2) is 0 Å². The van der Waals surface area contributed by atoms with Crippen LogP contribution in [0.5, 0.6) is 0 Å². The molecule has 21 heavy (non-hydrogen) atoms. The van der Waals surface area contributed by atoms with Crippen molar-refractivity contribution < 1.29 is 4.39 Å². The van der Waals surface area contributed by atoms with E-state index in [4.69, 9.17) is 17.3 Å². The highest BCUT2D eigenvalue weighted by Crippen LogP contribution is 2.24. The van der Waals surface area contributed by atoms with Crippen molar-refractivity contribution in [1.82, 2.24) is 0 Å². The van der Waals surface area contributed by atoms with E-state index < -0.39 is 0 Å². The Balaban J connectivity index is 2.27. The highest BCUT2D eigenvalue weighted by atomic mass is 35.5. The van der Waals surface area contributed by atoms with E-state index in [1.165, 1.54) is 50.7 Å². The third-order valence-electron chi connectivity index (χ3n) is 3.73. The summed E-state index contributed by atoms with van der Waals surface area (Å²) < 4.78 is 13.2. The summed E-state index contributed by atoms with van der Waals surface area (Å²) in [6.07, 6.45) is 9.96. The number of halogens is 2. The van der Waals surface area contributed by atoms with Crippen LogP contribution in [-0.2, 0) is 0 Å². The third-order valence-corrected chi connectivity index (χ3v) is 4.06. The lowest BCUT2D eigenvalue weighted by atomic mass is 10.0. The van der Waals surface area contributed by atoms with Crippen LogP contribution in [-0.4, -0.2) is 12.6 Å². The molecule has 0 saturated heterocycles. The van der Waals surface area contributed by atoms with Gasteiger partial charge in [-0.3, -0.25) is 0 Å². The third kappa shape index (κ3) is 7.68. The van der Waals surface area contributed by atoms with Gasteiger partial charge < -0.3 is 11.1 Å². The molecular weight excluding hydrogens is 287 g/mol. The van der Waals surface area contributed by atoms with E-state index in [-0.39, 0.29) is 11.9 Å². The van der Waals surface area contributed by atoms with E-state index in [0.29, 0.717) is 17.3 Å². The number of benzene rings is 1. The number of anilines is 1. The number of nitrogens with two attached hydrogens (primary N) is 1. The average molecular weight is 315 g/mol. The SMILES string of the molecule is CCCCCCCCCC(CN)Nc1cc(F)ccc1Cl. The first kappa shape index (κ1) is 18.2. The molecule has 0 aromatic heterocycles. The predicted octanol–water partition coefficient (Wildman–Crippen LogP) is 5.36. The van der Waals surface area contributed by atoms with E-state index in [1.54, 1.807) is 6.07 Å². The van der Waals surface area contributed by atoms with E-state index in [2.05, 4.69) is 12.2 Å². The zero-order chi connectivity index (χ0) is 15.5. The molecule has 1 aromatic rings. The van der Waals surface area contributed by atoms with Crippen molar-refractivity contribution in [2.75, 3.05) is 11.9 Å². The van der Waals surface area contributed by atoms with Gasteiger partial charge in [-0.15, -0.1) is 0 Å².